The Labute approximate surface area is 177 Å². The van der Waals surface area contributed by atoms with Gasteiger partial charge in [0.05, 0.1) is 21.8 Å². The van der Waals surface area contributed by atoms with Crippen LogP contribution in [0.4, 0.5) is 5.69 Å². The van der Waals surface area contributed by atoms with Crippen molar-refractivity contribution >= 4 is 68.3 Å². The van der Waals surface area contributed by atoms with Gasteiger partial charge in [0.15, 0.2) is 5.70 Å². The van der Waals surface area contributed by atoms with E-state index in [0.717, 1.165) is 0 Å². The molecule has 0 aliphatic carbocycles. The maximum atomic E-state index is 12.3. The van der Waals surface area contributed by atoms with Gasteiger partial charge in [-0.05, 0) is 23.8 Å². The molecule has 0 spiro atoms. The van der Waals surface area contributed by atoms with Gasteiger partial charge in [0, 0.05) is 17.5 Å². The standard InChI is InChI=1S/C19H10Cl2N2O5S/c1-27-13-6-5-11-14(20)17(29-16(11)15(13)21)18-22-12(19(24)28-18)8-9-3-2-4-10(7-9)23(25)26/h2-8H,1H3/b12-8-. The average molecular weight is 449 g/mol. The van der Waals surface area contributed by atoms with Crippen LogP contribution >= 0.6 is 34.5 Å². The molecule has 0 bridgehead atoms. The van der Waals surface area contributed by atoms with Crippen molar-refractivity contribution in [3.8, 4) is 5.75 Å². The Morgan fingerprint density at radius 2 is 2.03 bits per heavy atom. The van der Waals surface area contributed by atoms with Crippen molar-refractivity contribution in [2.45, 2.75) is 0 Å². The minimum atomic E-state index is -0.677. The highest BCUT2D eigenvalue weighted by molar-refractivity contribution is 7.22. The van der Waals surface area contributed by atoms with Crippen LogP contribution in [0.25, 0.3) is 16.2 Å². The Morgan fingerprint density at radius 3 is 2.76 bits per heavy atom. The SMILES string of the molecule is COc1ccc2c(Cl)c(C3=N/C(=C\c4cccc([N+](=O)[O-])c4)C(=O)O3)sc2c1Cl. The summed E-state index contributed by atoms with van der Waals surface area (Å²) in [6.07, 6.45) is 1.42. The predicted octanol–water partition coefficient (Wildman–Crippen LogP) is 5.47. The smallest absolute Gasteiger partial charge is 0.363 e. The van der Waals surface area contributed by atoms with Gasteiger partial charge in [-0.1, -0.05) is 35.3 Å². The number of rotatable bonds is 4. The normalized spacial score (nSPS) is 14.9. The summed E-state index contributed by atoms with van der Waals surface area (Å²) in [5.41, 5.74) is 0.370. The second-order valence-electron chi connectivity index (χ2n) is 5.89. The average Bonchev–Trinajstić information content (AvgIpc) is 3.23. The van der Waals surface area contributed by atoms with Crippen LogP contribution in [0.1, 0.15) is 10.4 Å². The largest absolute Gasteiger partial charge is 0.495 e. The number of non-ortho nitro benzene ring substituents is 1. The van der Waals surface area contributed by atoms with Crippen molar-refractivity contribution in [3.05, 3.63) is 72.7 Å². The number of ether oxygens (including phenoxy) is 2. The van der Waals surface area contributed by atoms with E-state index in [1.807, 2.05) is 0 Å². The Morgan fingerprint density at radius 1 is 1.24 bits per heavy atom. The van der Waals surface area contributed by atoms with E-state index in [4.69, 9.17) is 32.7 Å². The summed E-state index contributed by atoms with van der Waals surface area (Å²) < 4.78 is 11.2. The molecule has 2 aromatic carbocycles. The molecule has 0 saturated heterocycles. The number of carbonyl (C=O) groups is 1. The first-order chi connectivity index (χ1) is 13.9. The van der Waals surface area contributed by atoms with Crippen molar-refractivity contribution < 1.29 is 19.2 Å². The molecule has 29 heavy (non-hydrogen) atoms. The summed E-state index contributed by atoms with van der Waals surface area (Å²) in [7, 11) is 1.51. The van der Waals surface area contributed by atoms with Crippen molar-refractivity contribution in [2.24, 2.45) is 4.99 Å². The number of cyclic esters (lactones) is 1. The minimum absolute atomic E-state index is 0.0118. The second kappa shape index (κ2) is 7.47. The van der Waals surface area contributed by atoms with E-state index in [2.05, 4.69) is 4.99 Å². The predicted molar refractivity (Wildman–Crippen MR) is 112 cm³/mol. The third-order valence-electron chi connectivity index (χ3n) is 4.12. The Hall–Kier alpha value is -2.94. The van der Waals surface area contributed by atoms with Gasteiger partial charge in [0.25, 0.3) is 5.69 Å². The van der Waals surface area contributed by atoms with Crippen LogP contribution in [0.15, 0.2) is 47.1 Å². The maximum absolute atomic E-state index is 12.3. The number of nitrogens with zero attached hydrogens (tertiary/aromatic N) is 2. The van der Waals surface area contributed by atoms with Gasteiger partial charge in [-0.3, -0.25) is 10.1 Å². The topological polar surface area (TPSA) is 91.0 Å². The molecule has 1 aromatic heterocycles. The fourth-order valence-electron chi connectivity index (χ4n) is 2.77. The lowest BCUT2D eigenvalue weighted by Crippen LogP contribution is -2.04. The number of fused-ring (bicyclic) bond motifs is 1. The van der Waals surface area contributed by atoms with Crippen LogP contribution in [-0.2, 0) is 9.53 Å². The number of hydrogen-bond acceptors (Lipinski definition) is 7. The van der Waals surface area contributed by atoms with Crippen LogP contribution in [0, 0.1) is 10.1 Å². The molecule has 0 N–H and O–H groups in total. The van der Waals surface area contributed by atoms with Crippen molar-refractivity contribution in [3.63, 3.8) is 0 Å². The molecule has 0 unspecified atom stereocenters. The fraction of sp³-hybridized carbons (Fsp3) is 0.0526. The first-order valence-electron chi connectivity index (χ1n) is 8.11. The summed E-state index contributed by atoms with van der Waals surface area (Å²) in [6, 6.07) is 9.31. The van der Waals surface area contributed by atoms with Gasteiger partial charge in [-0.2, -0.15) is 0 Å². The quantitative estimate of drug-likeness (QED) is 0.228. The lowest BCUT2D eigenvalue weighted by atomic mass is 10.2. The van der Waals surface area contributed by atoms with Crippen molar-refractivity contribution in [1.29, 1.82) is 0 Å². The van der Waals surface area contributed by atoms with Gasteiger partial charge < -0.3 is 9.47 Å². The molecule has 3 aromatic rings. The number of benzene rings is 2. The number of nitro groups is 1. The van der Waals surface area contributed by atoms with Gasteiger partial charge in [0.2, 0.25) is 5.90 Å². The molecule has 7 nitrogen and oxygen atoms in total. The van der Waals surface area contributed by atoms with Crippen LogP contribution in [0.3, 0.4) is 0 Å². The number of nitro benzene ring substituents is 1. The summed E-state index contributed by atoms with van der Waals surface area (Å²) in [5, 5.41) is 12.4. The van der Waals surface area contributed by atoms with E-state index in [9.17, 15) is 14.9 Å². The molecule has 0 atom stereocenters. The molecule has 0 saturated carbocycles. The molecule has 0 radical (unpaired) electrons. The number of hydrogen-bond donors (Lipinski definition) is 0. The molecule has 146 valence electrons. The molecule has 10 heteroatoms. The third kappa shape index (κ3) is 3.46. The summed E-state index contributed by atoms with van der Waals surface area (Å²) >= 11 is 14.0. The molecular formula is C19H10Cl2N2O5S. The Balaban J connectivity index is 1.76. The van der Waals surface area contributed by atoms with E-state index in [1.165, 1.54) is 42.7 Å². The number of esters is 1. The molecular weight excluding hydrogens is 439 g/mol. The molecule has 1 aliphatic heterocycles. The summed E-state index contributed by atoms with van der Waals surface area (Å²) in [5.74, 6) is -0.128. The number of carbonyl (C=O) groups excluding carboxylic acids is 1. The lowest BCUT2D eigenvalue weighted by Gasteiger charge is -2.02. The van der Waals surface area contributed by atoms with E-state index in [1.54, 1.807) is 18.2 Å². The van der Waals surface area contributed by atoms with Crippen LogP contribution in [0.2, 0.25) is 10.0 Å². The van der Waals surface area contributed by atoms with Gasteiger partial charge in [-0.15, -0.1) is 11.3 Å². The molecule has 2 heterocycles. The second-order valence-corrected chi connectivity index (χ2v) is 7.67. The third-order valence-corrected chi connectivity index (χ3v) is 6.32. The number of halogens is 2. The van der Waals surface area contributed by atoms with E-state index in [-0.39, 0.29) is 17.3 Å². The first kappa shape index (κ1) is 19.4. The zero-order valence-corrected chi connectivity index (χ0v) is 17.0. The Kier molecular flexibility index (Phi) is 4.99. The van der Waals surface area contributed by atoms with Crippen LogP contribution in [0.5, 0.6) is 5.75 Å². The van der Waals surface area contributed by atoms with Gasteiger partial charge in [-0.25, -0.2) is 9.79 Å². The van der Waals surface area contributed by atoms with Crippen molar-refractivity contribution in [1.82, 2.24) is 0 Å². The van der Waals surface area contributed by atoms with E-state index >= 15 is 0 Å². The van der Waals surface area contributed by atoms with Crippen LogP contribution in [-0.4, -0.2) is 23.9 Å². The minimum Gasteiger partial charge on any atom is -0.495 e. The summed E-state index contributed by atoms with van der Waals surface area (Å²) in [4.78, 5) is 27.3. The number of methoxy groups -OCH3 is 1. The Bertz CT molecular complexity index is 1250. The van der Waals surface area contributed by atoms with Gasteiger partial charge in [0.1, 0.15) is 15.6 Å². The zero-order valence-electron chi connectivity index (χ0n) is 14.6. The van der Waals surface area contributed by atoms with Crippen molar-refractivity contribution in [2.75, 3.05) is 7.11 Å². The van der Waals surface area contributed by atoms with E-state index < -0.39 is 10.9 Å². The maximum Gasteiger partial charge on any atom is 0.363 e. The number of aliphatic imine (C=N–C) groups is 1. The van der Waals surface area contributed by atoms with Gasteiger partial charge >= 0.3 is 5.97 Å². The van der Waals surface area contributed by atoms with Crippen LogP contribution < -0.4 is 4.74 Å². The lowest BCUT2D eigenvalue weighted by molar-refractivity contribution is -0.384. The molecule has 0 amide bonds. The van der Waals surface area contributed by atoms with E-state index in [0.29, 0.717) is 36.3 Å². The highest BCUT2D eigenvalue weighted by Gasteiger charge is 2.29. The molecule has 1 aliphatic rings. The zero-order chi connectivity index (χ0) is 20.7. The molecule has 0 fully saturated rings. The highest BCUT2D eigenvalue weighted by atomic mass is 35.5. The highest BCUT2D eigenvalue weighted by Crippen LogP contribution is 2.44. The number of thiophene rings is 1. The first-order valence-corrected chi connectivity index (χ1v) is 9.68. The summed E-state index contributed by atoms with van der Waals surface area (Å²) in [6.45, 7) is 0. The molecule has 4 rings (SSSR count). The fourth-order valence-corrected chi connectivity index (χ4v) is 4.58. The monoisotopic (exact) mass is 448 g/mol.